The predicted octanol–water partition coefficient (Wildman–Crippen LogP) is 3.88. The molecule has 1 N–H and O–H groups in total. The van der Waals surface area contributed by atoms with E-state index in [1.807, 2.05) is 12.3 Å². The molecule has 0 spiro atoms. The van der Waals surface area contributed by atoms with Gasteiger partial charge in [0.1, 0.15) is 5.82 Å². The molecule has 5 rings (SSSR count). The molecule has 0 unspecified atom stereocenters. The van der Waals surface area contributed by atoms with Gasteiger partial charge in [-0.05, 0) is 70.0 Å². The number of hydrogen-bond donors (Lipinski definition) is 1. The summed E-state index contributed by atoms with van der Waals surface area (Å²) in [6, 6.07) is 10.8. The number of rotatable bonds is 5. The van der Waals surface area contributed by atoms with E-state index < -0.39 is 0 Å². The number of likely N-dealkylation sites (N-methyl/N-ethyl adjacent to an activating group) is 1. The Labute approximate surface area is 192 Å². The number of benzene rings is 1. The number of imidazole rings is 1. The highest BCUT2D eigenvalue weighted by Crippen LogP contribution is 2.29. The first-order chi connectivity index (χ1) is 15.7. The highest BCUT2D eigenvalue weighted by molar-refractivity contribution is 5.89. The van der Waals surface area contributed by atoms with Crippen molar-refractivity contribution in [1.29, 1.82) is 0 Å². The maximum atomic E-state index is 4.85. The molecule has 0 amide bonds. The van der Waals surface area contributed by atoms with Crippen LogP contribution in [0.5, 0.6) is 0 Å². The zero-order valence-electron chi connectivity index (χ0n) is 20.0. The lowest BCUT2D eigenvalue weighted by molar-refractivity contribution is 0.313. The molecule has 6 heteroatoms. The van der Waals surface area contributed by atoms with Gasteiger partial charge in [0.15, 0.2) is 0 Å². The Bertz CT molecular complexity index is 978. The first-order valence-corrected chi connectivity index (χ1v) is 12.3. The quantitative estimate of drug-likeness (QED) is 0.660. The number of pyridine rings is 1. The summed E-state index contributed by atoms with van der Waals surface area (Å²) in [5, 5.41) is 3.40. The zero-order chi connectivity index (χ0) is 22.3. The normalized spacial score (nSPS) is 16.5. The number of hydrogen-bond acceptors (Lipinski definition) is 5. The summed E-state index contributed by atoms with van der Waals surface area (Å²) in [6.45, 7) is 11.5. The summed E-state index contributed by atoms with van der Waals surface area (Å²) in [6.07, 6.45) is 6.99. The molecule has 2 aliphatic rings. The van der Waals surface area contributed by atoms with Crippen LogP contribution >= 0.6 is 0 Å². The molecular weight excluding hydrogens is 396 g/mol. The van der Waals surface area contributed by atoms with Crippen molar-refractivity contribution in [3.05, 3.63) is 53.6 Å². The van der Waals surface area contributed by atoms with Crippen LogP contribution in [-0.2, 0) is 25.9 Å². The van der Waals surface area contributed by atoms with Gasteiger partial charge in [0.2, 0.25) is 0 Å². The molecule has 6 nitrogen and oxygen atoms in total. The van der Waals surface area contributed by atoms with Crippen LogP contribution in [0, 0.1) is 0 Å². The van der Waals surface area contributed by atoms with Crippen LogP contribution in [0.25, 0.3) is 11.0 Å². The summed E-state index contributed by atoms with van der Waals surface area (Å²) < 4.78 is 2.37. The van der Waals surface area contributed by atoms with Gasteiger partial charge in [-0.15, -0.1) is 0 Å². The van der Waals surface area contributed by atoms with Crippen molar-refractivity contribution in [2.75, 3.05) is 44.7 Å². The Kier molecular flexibility index (Phi) is 7.76. The average Bonchev–Trinajstić information content (AvgIpc) is 3.21. The first-order valence-electron chi connectivity index (χ1n) is 12.3. The molecule has 0 saturated carbocycles. The summed E-state index contributed by atoms with van der Waals surface area (Å²) in [4.78, 5) is 14.1. The molecule has 1 aliphatic carbocycles. The fourth-order valence-corrected chi connectivity index (χ4v) is 4.76. The van der Waals surface area contributed by atoms with Crippen LogP contribution in [0.15, 0.2) is 36.5 Å². The second-order valence-corrected chi connectivity index (χ2v) is 8.80. The lowest BCUT2D eigenvalue weighted by Gasteiger charge is -2.34. The minimum Gasteiger partial charge on any atom is -0.367 e. The Hall–Kier alpha value is -2.44. The second kappa shape index (κ2) is 10.9. The third-order valence-electron chi connectivity index (χ3n) is 6.61. The Morgan fingerprint density at radius 1 is 0.969 bits per heavy atom. The van der Waals surface area contributed by atoms with Gasteiger partial charge in [-0.25, -0.2) is 4.98 Å². The number of anilines is 1. The fraction of sp³-hybridized carbons (Fsp3) is 0.538. The monoisotopic (exact) mass is 434 g/mol. The SMILES string of the molecule is CCNCc1nc2cccc(N3CCN(C)CC3)c2n1CC.c1cnc2c(c1)CCCC2. The summed E-state index contributed by atoms with van der Waals surface area (Å²) in [7, 11) is 2.20. The molecule has 2 aromatic heterocycles. The predicted molar refractivity (Wildman–Crippen MR) is 133 cm³/mol. The molecule has 172 valence electrons. The van der Waals surface area contributed by atoms with Crippen LogP contribution in [0.2, 0.25) is 0 Å². The Balaban J connectivity index is 0.000000203. The molecule has 1 aromatic carbocycles. The molecule has 3 aromatic rings. The van der Waals surface area contributed by atoms with E-state index in [0.29, 0.717) is 0 Å². The van der Waals surface area contributed by atoms with Crippen LogP contribution < -0.4 is 10.2 Å². The van der Waals surface area contributed by atoms with Gasteiger partial charge in [-0.2, -0.15) is 0 Å². The van der Waals surface area contributed by atoms with E-state index in [9.17, 15) is 0 Å². The lowest BCUT2D eigenvalue weighted by Crippen LogP contribution is -2.44. The molecule has 0 radical (unpaired) electrons. The van der Waals surface area contributed by atoms with Gasteiger partial charge in [0.05, 0.1) is 23.3 Å². The van der Waals surface area contributed by atoms with Crippen molar-refractivity contribution in [1.82, 2.24) is 24.8 Å². The fourth-order valence-electron chi connectivity index (χ4n) is 4.76. The summed E-state index contributed by atoms with van der Waals surface area (Å²) in [5.74, 6) is 1.14. The maximum Gasteiger partial charge on any atom is 0.123 e. The lowest BCUT2D eigenvalue weighted by atomic mass is 9.96. The molecule has 1 fully saturated rings. The largest absolute Gasteiger partial charge is 0.367 e. The average molecular weight is 435 g/mol. The van der Waals surface area contributed by atoms with Crippen LogP contribution in [0.3, 0.4) is 0 Å². The molecule has 3 heterocycles. The van der Waals surface area contributed by atoms with E-state index in [1.165, 1.54) is 48.1 Å². The van der Waals surface area contributed by atoms with E-state index >= 15 is 0 Å². The van der Waals surface area contributed by atoms with E-state index in [0.717, 1.165) is 57.2 Å². The van der Waals surface area contributed by atoms with E-state index in [4.69, 9.17) is 4.98 Å². The van der Waals surface area contributed by atoms with Gasteiger partial charge in [0, 0.05) is 44.6 Å². The van der Waals surface area contributed by atoms with Gasteiger partial charge in [0.25, 0.3) is 0 Å². The van der Waals surface area contributed by atoms with Gasteiger partial charge in [-0.1, -0.05) is 19.1 Å². The Morgan fingerprint density at radius 3 is 2.53 bits per heavy atom. The minimum atomic E-state index is 0.835. The highest BCUT2D eigenvalue weighted by Gasteiger charge is 2.20. The van der Waals surface area contributed by atoms with Gasteiger partial charge < -0.3 is 19.7 Å². The highest BCUT2D eigenvalue weighted by atomic mass is 15.3. The number of fused-ring (bicyclic) bond motifs is 2. The van der Waals surface area contributed by atoms with E-state index in [2.05, 4.69) is 69.8 Å². The number of piperazine rings is 1. The maximum absolute atomic E-state index is 4.85. The first kappa shape index (κ1) is 22.7. The van der Waals surface area contributed by atoms with Crippen molar-refractivity contribution in [3.8, 4) is 0 Å². The third-order valence-corrected chi connectivity index (χ3v) is 6.61. The van der Waals surface area contributed by atoms with E-state index in [1.54, 1.807) is 0 Å². The van der Waals surface area contributed by atoms with Crippen LogP contribution in [0.1, 0.15) is 43.8 Å². The Morgan fingerprint density at radius 2 is 1.78 bits per heavy atom. The summed E-state index contributed by atoms with van der Waals surface area (Å²) >= 11 is 0. The summed E-state index contributed by atoms with van der Waals surface area (Å²) in [5.41, 5.74) is 6.54. The van der Waals surface area contributed by atoms with E-state index in [-0.39, 0.29) is 0 Å². The molecule has 0 bridgehead atoms. The standard InChI is InChI=1S/C17H27N5.C9H11N/c1-4-18-13-16-19-14-7-6-8-15(17(14)22(16)5-2)21-11-9-20(3)10-12-21;1-2-6-9-8(4-1)5-3-7-10-9/h6-8,18H,4-5,9-13H2,1-3H3;3,5,7H,1-2,4,6H2. The topological polar surface area (TPSA) is 49.2 Å². The molecule has 32 heavy (non-hydrogen) atoms. The van der Waals surface area contributed by atoms with Gasteiger partial charge >= 0.3 is 0 Å². The number of aromatic nitrogens is 3. The zero-order valence-corrected chi connectivity index (χ0v) is 20.0. The van der Waals surface area contributed by atoms with Crippen molar-refractivity contribution in [2.24, 2.45) is 0 Å². The smallest absolute Gasteiger partial charge is 0.123 e. The van der Waals surface area contributed by atoms with Gasteiger partial charge in [-0.3, -0.25) is 4.98 Å². The number of para-hydroxylation sites is 1. The van der Waals surface area contributed by atoms with Crippen LogP contribution in [0.4, 0.5) is 5.69 Å². The number of nitrogens with one attached hydrogen (secondary N) is 1. The van der Waals surface area contributed by atoms with Crippen molar-refractivity contribution < 1.29 is 0 Å². The van der Waals surface area contributed by atoms with Crippen molar-refractivity contribution in [2.45, 2.75) is 52.6 Å². The van der Waals surface area contributed by atoms with Crippen molar-refractivity contribution >= 4 is 16.7 Å². The molecular formula is C26H38N6. The minimum absolute atomic E-state index is 0.835. The van der Waals surface area contributed by atoms with Crippen molar-refractivity contribution in [3.63, 3.8) is 0 Å². The third kappa shape index (κ3) is 5.13. The second-order valence-electron chi connectivity index (χ2n) is 8.80. The molecule has 1 saturated heterocycles. The molecule has 1 aliphatic heterocycles. The molecule has 0 atom stereocenters. The number of aryl methyl sites for hydroxylation is 3. The van der Waals surface area contributed by atoms with Crippen LogP contribution in [-0.4, -0.2) is 59.2 Å². The number of nitrogens with zero attached hydrogens (tertiary/aromatic N) is 5.